The zero-order valence-corrected chi connectivity index (χ0v) is 36.1. The first kappa shape index (κ1) is 50.8. The molecule has 6 aromatic carbocycles. The van der Waals surface area contributed by atoms with E-state index in [2.05, 4.69) is 25.3 Å². The fourth-order valence-electron chi connectivity index (χ4n) is 5.39. The SMILES string of the molecule is O=S(=O)(Nc1ccccc1C(F)(F)F)c1cccc(-c2nn[nH]n2)c1.O=[N+]([O-])c1ccc(S(=O)(=O)Nc2ccccc2C(F)(F)F)cc1.O=[N+]([O-])c1ccc(S(=O)(=O)Nc2ccccc2O)cc1. The van der Waals surface area contributed by atoms with Gasteiger partial charge in [0.25, 0.3) is 41.4 Å². The highest BCUT2D eigenvalue weighted by molar-refractivity contribution is 7.93. The molecule has 356 valence electrons. The van der Waals surface area contributed by atoms with Gasteiger partial charge in [-0.1, -0.05) is 48.5 Å². The monoisotopic (exact) mass is 1010 g/mol. The van der Waals surface area contributed by atoms with Crippen molar-refractivity contribution >= 4 is 58.5 Å². The molecule has 29 heteroatoms. The van der Waals surface area contributed by atoms with Crippen molar-refractivity contribution in [2.45, 2.75) is 27.0 Å². The molecule has 0 unspecified atom stereocenters. The van der Waals surface area contributed by atoms with Gasteiger partial charge in [0.1, 0.15) is 5.75 Å². The van der Waals surface area contributed by atoms with E-state index in [0.29, 0.717) is 5.56 Å². The highest BCUT2D eigenvalue weighted by Crippen LogP contribution is 2.37. The van der Waals surface area contributed by atoms with Crippen LogP contribution in [0.25, 0.3) is 11.4 Å². The Morgan fingerprint density at radius 2 is 0.912 bits per heavy atom. The van der Waals surface area contributed by atoms with Crippen LogP contribution in [0.15, 0.2) is 160 Å². The zero-order chi connectivity index (χ0) is 50.1. The van der Waals surface area contributed by atoms with Crippen LogP contribution in [-0.4, -0.2) is 60.8 Å². The summed E-state index contributed by atoms with van der Waals surface area (Å²) in [5.74, 6) is -0.0503. The Labute approximate surface area is 379 Å². The van der Waals surface area contributed by atoms with Crippen molar-refractivity contribution in [3.05, 3.63) is 177 Å². The molecule has 0 radical (unpaired) electrons. The summed E-state index contributed by atoms with van der Waals surface area (Å²) in [4.78, 5) is 18.9. The molecule has 0 saturated heterocycles. The number of H-pyrrole nitrogens is 1. The number of aromatic hydroxyl groups is 1. The number of nitro benzene ring substituents is 2. The molecule has 1 heterocycles. The summed E-state index contributed by atoms with van der Waals surface area (Å²) in [5, 5.41) is 43.6. The van der Waals surface area contributed by atoms with Crippen molar-refractivity contribution in [2.24, 2.45) is 0 Å². The van der Waals surface area contributed by atoms with Crippen molar-refractivity contribution in [1.29, 1.82) is 0 Å². The number of phenols is 1. The molecule has 7 rings (SSSR count). The molecule has 0 aliphatic rings. The third-order valence-electron chi connectivity index (χ3n) is 8.57. The van der Waals surface area contributed by atoms with Crippen molar-refractivity contribution in [3.63, 3.8) is 0 Å². The number of tetrazole rings is 1. The average molecular weight is 1010 g/mol. The second-order valence-electron chi connectivity index (χ2n) is 13.2. The summed E-state index contributed by atoms with van der Waals surface area (Å²) in [6.07, 6.45) is -9.42. The highest BCUT2D eigenvalue weighted by atomic mass is 32.2. The number of anilines is 3. The quantitative estimate of drug-likeness (QED) is 0.0334. The fourth-order valence-corrected chi connectivity index (χ4v) is 8.67. The number of phenolic OH excluding ortho intramolecular Hbond substituents is 1. The third kappa shape index (κ3) is 13.2. The summed E-state index contributed by atoms with van der Waals surface area (Å²) in [5.41, 5.74) is -3.55. The first-order chi connectivity index (χ1) is 31.8. The van der Waals surface area contributed by atoms with Crippen LogP contribution in [0.1, 0.15) is 11.1 Å². The lowest BCUT2D eigenvalue weighted by Gasteiger charge is -2.14. The average Bonchev–Trinajstić information content (AvgIpc) is 3.83. The maximum absolute atomic E-state index is 13.0. The molecule has 0 bridgehead atoms. The van der Waals surface area contributed by atoms with Crippen LogP contribution in [0.3, 0.4) is 0 Å². The number of aromatic amines is 1. The minimum Gasteiger partial charge on any atom is -0.506 e. The van der Waals surface area contributed by atoms with Crippen LogP contribution in [0.5, 0.6) is 5.75 Å². The molecule has 0 atom stereocenters. The lowest BCUT2D eigenvalue weighted by Crippen LogP contribution is -2.17. The molecule has 5 N–H and O–H groups in total. The highest BCUT2D eigenvalue weighted by Gasteiger charge is 2.35. The number of nitrogens with zero attached hydrogens (tertiary/aromatic N) is 5. The van der Waals surface area contributed by atoms with E-state index >= 15 is 0 Å². The van der Waals surface area contributed by atoms with E-state index in [9.17, 15) is 76.9 Å². The van der Waals surface area contributed by atoms with Crippen LogP contribution in [-0.2, 0) is 42.4 Å². The number of aromatic nitrogens is 4. The van der Waals surface area contributed by atoms with Crippen molar-refractivity contribution in [2.75, 3.05) is 14.2 Å². The summed E-state index contributed by atoms with van der Waals surface area (Å²) in [6.45, 7) is 0. The predicted molar refractivity (Wildman–Crippen MR) is 229 cm³/mol. The Hall–Kier alpha value is -8.18. The van der Waals surface area contributed by atoms with Gasteiger partial charge in [-0.3, -0.25) is 34.4 Å². The van der Waals surface area contributed by atoms with E-state index in [-0.39, 0.29) is 43.3 Å². The van der Waals surface area contributed by atoms with Crippen LogP contribution < -0.4 is 14.2 Å². The van der Waals surface area contributed by atoms with E-state index in [4.69, 9.17) is 0 Å². The van der Waals surface area contributed by atoms with Gasteiger partial charge in [0.05, 0.1) is 52.7 Å². The number of sulfonamides is 3. The molecule has 0 aliphatic heterocycles. The van der Waals surface area contributed by atoms with Gasteiger partial charge in [-0.2, -0.15) is 31.6 Å². The molecule has 0 fully saturated rings. The lowest BCUT2D eigenvalue weighted by atomic mass is 10.2. The van der Waals surface area contributed by atoms with E-state index < -0.39 is 74.8 Å². The van der Waals surface area contributed by atoms with Gasteiger partial charge in [0, 0.05) is 29.8 Å². The Morgan fingerprint density at radius 1 is 0.515 bits per heavy atom. The van der Waals surface area contributed by atoms with Crippen LogP contribution >= 0.6 is 0 Å². The number of benzene rings is 6. The number of halogens is 6. The van der Waals surface area contributed by atoms with Crippen LogP contribution in [0.2, 0.25) is 0 Å². The fraction of sp³-hybridized carbons (Fsp3) is 0.0513. The number of nitro groups is 2. The molecule has 1 aromatic heterocycles. The number of para-hydroxylation sites is 4. The smallest absolute Gasteiger partial charge is 0.418 e. The normalized spacial score (nSPS) is 11.7. The summed E-state index contributed by atoms with van der Waals surface area (Å²) in [7, 11) is -12.5. The lowest BCUT2D eigenvalue weighted by molar-refractivity contribution is -0.385. The summed E-state index contributed by atoms with van der Waals surface area (Å²) < 4.78 is 157. The first-order valence-electron chi connectivity index (χ1n) is 18.3. The molecule has 0 spiro atoms. The standard InChI is InChI=1S/C14H10F3N5O2S.C13H9F3N2O4S.C12H10N2O5S/c15-14(16,17)11-6-1-2-7-12(11)20-25(23,24)10-5-3-4-9(8-10)13-18-21-22-19-13;14-13(15,16)11-3-1-2-4-12(11)17-23(21,22)10-7-5-9(6-8-10)18(19)20;15-12-4-2-1-3-11(12)13-20(18,19)10-7-5-9(6-8-10)14(16)17/h1-8,20H,(H,18,19,21,22);1-8,17H;1-8,13,15H. The molecule has 7 aromatic rings. The zero-order valence-electron chi connectivity index (χ0n) is 33.6. The van der Waals surface area contributed by atoms with Gasteiger partial charge < -0.3 is 5.11 Å². The largest absolute Gasteiger partial charge is 0.506 e. The minimum atomic E-state index is -4.73. The number of hydrogen-bond acceptors (Lipinski definition) is 14. The van der Waals surface area contributed by atoms with E-state index in [1.807, 2.05) is 9.44 Å². The number of rotatable bonds is 12. The van der Waals surface area contributed by atoms with Crippen molar-refractivity contribution in [1.82, 2.24) is 20.6 Å². The van der Waals surface area contributed by atoms with Crippen LogP contribution in [0.4, 0.5) is 54.8 Å². The van der Waals surface area contributed by atoms with Gasteiger partial charge >= 0.3 is 12.4 Å². The van der Waals surface area contributed by atoms with Crippen LogP contribution in [0, 0.1) is 20.2 Å². The number of nitrogens with one attached hydrogen (secondary N) is 4. The number of non-ortho nitro benzene ring substituents is 2. The van der Waals surface area contributed by atoms with E-state index in [0.717, 1.165) is 78.9 Å². The molecule has 0 amide bonds. The van der Waals surface area contributed by atoms with Gasteiger partial charge in [-0.05, 0) is 78.0 Å². The Kier molecular flexibility index (Phi) is 15.4. The second kappa shape index (κ2) is 20.6. The topological polar surface area (TPSA) is 299 Å². The number of alkyl halides is 6. The predicted octanol–water partition coefficient (Wildman–Crippen LogP) is 8.20. The second-order valence-corrected chi connectivity index (χ2v) is 18.2. The number of hydrogen-bond donors (Lipinski definition) is 5. The minimum absolute atomic E-state index is 0.0332. The Bertz CT molecular complexity index is 3260. The van der Waals surface area contributed by atoms with E-state index in [1.165, 1.54) is 48.5 Å². The molecule has 0 aliphatic carbocycles. The van der Waals surface area contributed by atoms with Gasteiger partial charge in [-0.15, -0.1) is 10.2 Å². The van der Waals surface area contributed by atoms with Crippen molar-refractivity contribution < 1.29 is 66.5 Å². The first-order valence-corrected chi connectivity index (χ1v) is 22.7. The molecule has 0 saturated carbocycles. The van der Waals surface area contributed by atoms with Gasteiger partial charge in [0.15, 0.2) is 0 Å². The summed E-state index contributed by atoms with van der Waals surface area (Å²) >= 11 is 0. The van der Waals surface area contributed by atoms with Crippen molar-refractivity contribution in [3.8, 4) is 17.1 Å². The Morgan fingerprint density at radius 3 is 1.31 bits per heavy atom. The molecular weight excluding hydrogens is 981 g/mol. The molecular formula is C39H29F6N9O11S3. The Balaban J connectivity index is 0.000000192. The molecule has 68 heavy (non-hydrogen) atoms. The summed E-state index contributed by atoms with van der Waals surface area (Å²) in [6, 6.07) is 28.0. The molecule has 20 nitrogen and oxygen atoms in total. The van der Waals surface area contributed by atoms with Gasteiger partial charge in [-0.25, -0.2) is 25.3 Å². The van der Waals surface area contributed by atoms with Gasteiger partial charge in [0.2, 0.25) is 5.82 Å². The maximum Gasteiger partial charge on any atom is 0.418 e. The van der Waals surface area contributed by atoms with E-state index in [1.54, 1.807) is 18.2 Å². The third-order valence-corrected chi connectivity index (χ3v) is 12.7. The maximum atomic E-state index is 13.0.